The van der Waals surface area contributed by atoms with Crippen LogP contribution in [0.1, 0.15) is 260 Å². The van der Waals surface area contributed by atoms with Crippen LogP contribution in [0.2, 0.25) is 0 Å². The molecule has 15 fully saturated rings. The normalized spacial score (nSPS) is 44.2. The van der Waals surface area contributed by atoms with E-state index in [0.717, 1.165) is 149 Å². The Kier molecular flexibility index (Phi) is 23.5. The molecule has 554 valence electrons. The molecule has 0 bridgehead atoms. The van der Waals surface area contributed by atoms with E-state index in [1.807, 2.05) is 0 Å². The highest BCUT2D eigenvalue weighted by atomic mass is 16.7. The summed E-state index contributed by atoms with van der Waals surface area (Å²) in [5.74, 6) is 4.37. The smallest absolute Gasteiger partial charge is 0.320 e. The number of allylic oxidation sites excluding steroid dienone is 3. The summed E-state index contributed by atoms with van der Waals surface area (Å²) >= 11 is 0. The minimum Gasteiger partial charge on any atom is -0.481 e. The molecule has 6 heterocycles. The Labute approximate surface area is 593 Å². The molecule has 0 aromatic carbocycles. The molecular formula is C84H137N3O11. The number of carboxylic acids is 2. The number of nitrogens with zero attached hydrogens (tertiary/aromatic N) is 3. The van der Waals surface area contributed by atoms with Crippen molar-refractivity contribution in [2.45, 2.75) is 303 Å². The Morgan fingerprint density at radius 1 is 0.418 bits per heavy atom. The van der Waals surface area contributed by atoms with Crippen molar-refractivity contribution in [1.82, 2.24) is 14.7 Å². The van der Waals surface area contributed by atoms with E-state index < -0.39 is 11.9 Å². The third-order valence-corrected chi connectivity index (χ3v) is 31.8. The molecule has 98 heavy (non-hydrogen) atoms. The van der Waals surface area contributed by atoms with E-state index in [1.54, 1.807) is 0 Å². The third kappa shape index (κ3) is 14.8. The number of aliphatic hydroxyl groups is 1. The van der Waals surface area contributed by atoms with Crippen LogP contribution >= 0.6 is 0 Å². The molecule has 0 amide bonds. The lowest BCUT2D eigenvalue weighted by Crippen LogP contribution is -2.62. The average molecular weight is 1370 g/mol. The lowest BCUT2D eigenvalue weighted by molar-refractivity contribution is -0.316. The number of carbonyl (C=O) groups is 2. The quantitative estimate of drug-likeness (QED) is 0.133. The van der Waals surface area contributed by atoms with E-state index in [1.165, 1.54) is 158 Å². The van der Waals surface area contributed by atoms with E-state index >= 15 is 0 Å². The summed E-state index contributed by atoms with van der Waals surface area (Å²) in [6.45, 7) is 39.8. The van der Waals surface area contributed by atoms with Crippen LogP contribution in [0.3, 0.4) is 0 Å². The molecule has 3 unspecified atom stereocenters. The zero-order valence-corrected chi connectivity index (χ0v) is 62.5. The highest BCUT2D eigenvalue weighted by molar-refractivity contribution is 5.73. The van der Waals surface area contributed by atoms with Crippen molar-refractivity contribution >= 4 is 11.9 Å². The van der Waals surface area contributed by atoms with E-state index in [2.05, 4.69) is 76.0 Å². The molecular weight excluding hydrogens is 1230 g/mol. The van der Waals surface area contributed by atoms with Gasteiger partial charge < -0.3 is 53.5 Å². The van der Waals surface area contributed by atoms with Gasteiger partial charge in [0.2, 0.25) is 0 Å². The summed E-state index contributed by atoms with van der Waals surface area (Å²) in [5, 5.41) is 28.5. The second-order valence-electron chi connectivity index (χ2n) is 37.3. The predicted molar refractivity (Wildman–Crippen MR) is 386 cm³/mol. The van der Waals surface area contributed by atoms with Crippen LogP contribution in [-0.4, -0.2) is 164 Å². The molecule has 0 radical (unpaired) electrons. The van der Waals surface area contributed by atoms with Crippen LogP contribution in [0, 0.1) is 97.6 Å². The molecule has 15 aliphatic rings. The van der Waals surface area contributed by atoms with Gasteiger partial charge >= 0.3 is 11.9 Å². The topological polar surface area (TPSA) is 160 Å². The molecule has 15 rings (SSSR count). The van der Waals surface area contributed by atoms with Gasteiger partial charge in [-0.15, -0.1) is 0 Å². The molecule has 0 spiro atoms. The first-order valence-electron chi connectivity index (χ1n) is 41.2. The van der Waals surface area contributed by atoms with Gasteiger partial charge in [-0.25, -0.2) is 0 Å². The number of piperidine rings is 3. The molecule has 6 saturated heterocycles. The van der Waals surface area contributed by atoms with Gasteiger partial charge in [-0.1, -0.05) is 123 Å². The molecule has 9 aliphatic carbocycles. The molecule has 6 aliphatic heterocycles. The van der Waals surface area contributed by atoms with Crippen LogP contribution < -0.4 is 0 Å². The Bertz CT molecular complexity index is 2730. The Balaban J connectivity index is 0.000000132. The average Bonchev–Trinajstić information content (AvgIpc) is 0.898. The number of ether oxygens (including phenoxy) is 6. The fraction of sp³-hybridized carbons (Fsp3) is 0.905. The summed E-state index contributed by atoms with van der Waals surface area (Å²) in [6, 6.07) is -0.305. The number of rotatable bonds is 15. The zero-order valence-electron chi connectivity index (χ0n) is 62.5. The molecule has 14 heteroatoms. The maximum Gasteiger partial charge on any atom is 0.320 e. The van der Waals surface area contributed by atoms with Gasteiger partial charge in [0, 0.05) is 40.6 Å². The minimum absolute atomic E-state index is 0.0105. The highest BCUT2D eigenvalue weighted by Crippen LogP contribution is 2.67. The van der Waals surface area contributed by atoms with Crippen LogP contribution in [0.25, 0.3) is 0 Å². The number of hydrogen-bond donors (Lipinski definition) is 3. The van der Waals surface area contributed by atoms with Gasteiger partial charge in [0.1, 0.15) is 6.04 Å². The van der Waals surface area contributed by atoms with Crippen LogP contribution in [0.15, 0.2) is 36.5 Å². The van der Waals surface area contributed by atoms with E-state index in [0.29, 0.717) is 89.5 Å². The van der Waals surface area contributed by atoms with Gasteiger partial charge in [0.25, 0.3) is 0 Å². The van der Waals surface area contributed by atoms with Gasteiger partial charge in [0.05, 0.1) is 44.1 Å². The molecule has 14 nitrogen and oxygen atoms in total. The first-order valence-corrected chi connectivity index (χ1v) is 41.2. The number of aliphatic hydroxyl groups excluding tert-OH is 1. The second kappa shape index (κ2) is 31.1. The summed E-state index contributed by atoms with van der Waals surface area (Å²) in [7, 11) is 0. The third-order valence-electron chi connectivity index (χ3n) is 31.8. The Hall–Kier alpha value is -2.24. The predicted octanol–water partition coefficient (Wildman–Crippen LogP) is 16.5. The lowest BCUT2D eigenvalue weighted by atomic mass is 9.46. The Morgan fingerprint density at radius 3 is 1.11 bits per heavy atom. The van der Waals surface area contributed by atoms with Crippen molar-refractivity contribution < 1.29 is 53.3 Å². The van der Waals surface area contributed by atoms with Crippen molar-refractivity contribution in [2.24, 2.45) is 97.6 Å². The maximum absolute atomic E-state index is 11.8. The van der Waals surface area contributed by atoms with Crippen molar-refractivity contribution in [3.05, 3.63) is 36.5 Å². The summed E-state index contributed by atoms with van der Waals surface area (Å²) in [5.41, 5.74) is 5.40. The largest absolute Gasteiger partial charge is 0.481 e. The molecule has 19 atom stereocenters. The zero-order chi connectivity index (χ0) is 68.8. The lowest BCUT2D eigenvalue weighted by Gasteiger charge is -2.63. The fourth-order valence-corrected chi connectivity index (χ4v) is 25.8. The minimum atomic E-state index is -0.650. The summed E-state index contributed by atoms with van der Waals surface area (Å²) in [6.07, 6.45) is 41.1. The number of carboxylic acid groups (broad SMARTS) is 2. The van der Waals surface area contributed by atoms with Gasteiger partial charge in [-0.3, -0.25) is 14.5 Å². The molecule has 3 N–H and O–H groups in total. The van der Waals surface area contributed by atoms with Crippen LogP contribution in [0.5, 0.6) is 0 Å². The number of likely N-dealkylation sites (tertiary alicyclic amines) is 3. The van der Waals surface area contributed by atoms with E-state index in [9.17, 15) is 24.9 Å². The SMILES string of the molecule is C=C1CCC2[C@]3(C)CO[C@@H](C4CCCC4)O[C@@H]3CC[C@@]2(C)[C@@H]1CCN1CCC(C(=O)O)CC1.C=C1CCC2[C@]3(C)CO[C@@H](C4CCCC4)O[C@@H]3CC[C@@]2(C)[C@@H]1CCN1CCC(CO)CC1.C=C1CCC2[C@]3(C)CO[C@@H](C4CCCC4)O[C@@H]3CC[C@@]2(C)[C@@H]1CCN1CCCC[C@@H]1C(=O)O. The van der Waals surface area contributed by atoms with E-state index in [4.69, 9.17) is 28.4 Å². The first kappa shape index (κ1) is 74.0. The van der Waals surface area contributed by atoms with Gasteiger partial charge in [0.15, 0.2) is 18.9 Å². The van der Waals surface area contributed by atoms with Gasteiger partial charge in [-0.05, 0) is 283 Å². The molecule has 9 saturated carbocycles. The molecule has 0 aromatic rings. The van der Waals surface area contributed by atoms with Crippen molar-refractivity contribution in [3.8, 4) is 0 Å². The van der Waals surface area contributed by atoms with Crippen molar-refractivity contribution in [3.63, 3.8) is 0 Å². The van der Waals surface area contributed by atoms with E-state index in [-0.39, 0.29) is 57.9 Å². The fourth-order valence-electron chi connectivity index (χ4n) is 25.8. The standard InChI is InChI=1S/2C28H45NO4.C28H47NO3/c1-19-11-12-23-27(2,21(19)14-17-29-16-7-6-10-22(29)25(30)31)15-13-24-28(23,3)18-32-26(33-24)20-8-4-5-9-20;1-19-8-9-23-27(2,22(19)13-17-29-15-11-20(12-16-29)25(30)31)14-10-24-28(23,3)18-32-26(33-24)21-6-4-5-7-21;1-20-8-9-24-27(2,23(20)13-17-29-15-11-21(18-30)12-16-29)14-10-25-28(24,3)19-31-26(32-25)22-6-4-5-7-22/h2*20-24,26H,1,4-18H2,2-3H3,(H,30,31);21-26,30H,1,4-19H2,2-3H3/t21-,22-,23?,24-,26-,27+,28+;22-,23?,24-,26-,27+,28+;23-,24?,25-,26-,27+,28+/m111/s1. The van der Waals surface area contributed by atoms with Crippen molar-refractivity contribution in [1.29, 1.82) is 0 Å². The maximum atomic E-state index is 11.8. The highest BCUT2D eigenvalue weighted by Gasteiger charge is 2.64. The number of fused-ring (bicyclic) bond motifs is 9. The second-order valence-corrected chi connectivity index (χ2v) is 37.3. The summed E-state index contributed by atoms with van der Waals surface area (Å²) < 4.78 is 39.6. The Morgan fingerprint density at radius 2 is 0.765 bits per heavy atom. The van der Waals surface area contributed by atoms with Crippen LogP contribution in [0.4, 0.5) is 0 Å². The van der Waals surface area contributed by atoms with Gasteiger partial charge in [-0.2, -0.15) is 0 Å². The number of aliphatic carboxylic acids is 2. The molecule has 0 aromatic heterocycles. The monoisotopic (exact) mass is 1360 g/mol. The first-order chi connectivity index (χ1) is 47.1. The summed E-state index contributed by atoms with van der Waals surface area (Å²) in [4.78, 5) is 30.5. The van der Waals surface area contributed by atoms with Crippen molar-refractivity contribution in [2.75, 3.05) is 78.8 Å². The number of hydrogen-bond acceptors (Lipinski definition) is 12. The van der Waals surface area contributed by atoms with Crippen LogP contribution in [-0.2, 0) is 38.0 Å².